The summed E-state index contributed by atoms with van der Waals surface area (Å²) in [6.07, 6.45) is 2.55. The number of rotatable bonds is 6. The maximum atomic E-state index is 4.28. The quantitative estimate of drug-likeness (QED) is 0.302. The fraction of sp³-hybridized carbons (Fsp3) is 0.706. The molecule has 6 heteroatoms. The first-order valence-electron chi connectivity index (χ1n) is 8.36. The first-order chi connectivity index (χ1) is 10.7. The number of nitrogens with one attached hydrogen (secondary N) is 2. The summed E-state index contributed by atoms with van der Waals surface area (Å²) in [5.74, 6) is 2.59. The van der Waals surface area contributed by atoms with E-state index in [-0.39, 0.29) is 24.0 Å². The zero-order valence-corrected chi connectivity index (χ0v) is 17.7. The lowest BCUT2D eigenvalue weighted by Gasteiger charge is -2.35. The molecule has 2 atom stereocenters. The average Bonchev–Trinajstić information content (AvgIpc) is 2.99. The predicted octanol–water partition coefficient (Wildman–Crippen LogP) is 3.40. The van der Waals surface area contributed by atoms with Crippen molar-refractivity contribution in [1.82, 2.24) is 15.5 Å². The summed E-state index contributed by atoms with van der Waals surface area (Å²) in [4.78, 5) is 8.23. The molecule has 2 N–H and O–H groups in total. The van der Waals surface area contributed by atoms with Gasteiger partial charge in [-0.1, -0.05) is 19.9 Å². The summed E-state index contributed by atoms with van der Waals surface area (Å²) in [6, 6.07) is 4.22. The molecule has 4 nitrogen and oxygen atoms in total. The number of hydrogen-bond donors (Lipinski definition) is 2. The molecular weight excluding hydrogens is 419 g/mol. The molecule has 132 valence electrons. The molecule has 0 radical (unpaired) electrons. The first kappa shape index (κ1) is 20.7. The van der Waals surface area contributed by atoms with Crippen molar-refractivity contribution in [3.63, 3.8) is 0 Å². The maximum absolute atomic E-state index is 4.28. The largest absolute Gasteiger partial charge is 0.356 e. The van der Waals surface area contributed by atoms with Crippen molar-refractivity contribution < 1.29 is 0 Å². The van der Waals surface area contributed by atoms with Gasteiger partial charge in [0.25, 0.3) is 0 Å². The van der Waals surface area contributed by atoms with Gasteiger partial charge in [-0.05, 0) is 42.7 Å². The number of piperidine rings is 1. The molecule has 0 aromatic carbocycles. The van der Waals surface area contributed by atoms with Crippen molar-refractivity contribution in [2.24, 2.45) is 16.8 Å². The van der Waals surface area contributed by atoms with Crippen LogP contribution in [-0.2, 0) is 6.54 Å². The van der Waals surface area contributed by atoms with E-state index in [4.69, 9.17) is 0 Å². The number of aliphatic imine (C=N–C) groups is 1. The molecular formula is C17H31IN4S. The Hall–Kier alpha value is -0.340. The molecule has 1 fully saturated rings. The van der Waals surface area contributed by atoms with E-state index in [1.807, 2.05) is 7.05 Å². The minimum atomic E-state index is 0. The van der Waals surface area contributed by atoms with Crippen LogP contribution in [-0.4, -0.2) is 44.1 Å². The van der Waals surface area contributed by atoms with E-state index < -0.39 is 0 Å². The second-order valence-corrected chi connectivity index (χ2v) is 7.52. The molecule has 0 aliphatic carbocycles. The first-order valence-corrected chi connectivity index (χ1v) is 9.24. The van der Waals surface area contributed by atoms with Crippen molar-refractivity contribution in [2.45, 2.75) is 33.2 Å². The summed E-state index contributed by atoms with van der Waals surface area (Å²) in [5.41, 5.74) is 0. The molecule has 1 aromatic rings. The van der Waals surface area contributed by atoms with Gasteiger partial charge in [-0.25, -0.2) is 0 Å². The molecule has 0 spiro atoms. The topological polar surface area (TPSA) is 39.7 Å². The van der Waals surface area contributed by atoms with Crippen LogP contribution in [0.3, 0.4) is 0 Å². The molecule has 23 heavy (non-hydrogen) atoms. The number of likely N-dealkylation sites (tertiary alicyclic amines) is 1. The van der Waals surface area contributed by atoms with Gasteiger partial charge in [-0.2, -0.15) is 0 Å². The number of halogens is 1. The van der Waals surface area contributed by atoms with Crippen LogP contribution in [0.2, 0.25) is 0 Å². The van der Waals surface area contributed by atoms with Crippen LogP contribution in [0.1, 0.15) is 31.6 Å². The highest BCUT2D eigenvalue weighted by atomic mass is 127. The van der Waals surface area contributed by atoms with Crippen LogP contribution in [0, 0.1) is 11.8 Å². The Morgan fingerprint density at radius 3 is 2.65 bits per heavy atom. The Labute approximate surface area is 162 Å². The summed E-state index contributed by atoms with van der Waals surface area (Å²) in [7, 11) is 1.83. The second-order valence-electron chi connectivity index (χ2n) is 6.49. The Balaban J connectivity index is 0.00000264. The molecule has 0 amide bonds. The Morgan fingerprint density at radius 1 is 1.30 bits per heavy atom. The van der Waals surface area contributed by atoms with Crippen molar-refractivity contribution in [1.29, 1.82) is 0 Å². The smallest absolute Gasteiger partial charge is 0.191 e. The van der Waals surface area contributed by atoms with Crippen molar-refractivity contribution in [3.8, 4) is 0 Å². The zero-order chi connectivity index (χ0) is 15.8. The highest BCUT2D eigenvalue weighted by Crippen LogP contribution is 2.20. The molecule has 1 saturated heterocycles. The maximum Gasteiger partial charge on any atom is 0.191 e. The minimum Gasteiger partial charge on any atom is -0.356 e. The van der Waals surface area contributed by atoms with E-state index in [9.17, 15) is 0 Å². The molecule has 2 rings (SSSR count). The van der Waals surface area contributed by atoms with Gasteiger partial charge in [0, 0.05) is 31.6 Å². The van der Waals surface area contributed by atoms with Crippen LogP contribution in [0.4, 0.5) is 0 Å². The van der Waals surface area contributed by atoms with E-state index in [0.717, 1.165) is 30.9 Å². The Morgan fingerprint density at radius 2 is 2.04 bits per heavy atom. The third-order valence-electron chi connectivity index (χ3n) is 4.12. The van der Waals surface area contributed by atoms with Gasteiger partial charge < -0.3 is 15.5 Å². The lowest BCUT2D eigenvalue weighted by molar-refractivity contribution is 0.140. The molecule has 1 aromatic heterocycles. The third kappa shape index (κ3) is 7.85. The van der Waals surface area contributed by atoms with E-state index in [2.05, 4.69) is 51.9 Å². The molecule has 0 bridgehead atoms. The molecule has 0 saturated carbocycles. The van der Waals surface area contributed by atoms with Gasteiger partial charge >= 0.3 is 0 Å². The monoisotopic (exact) mass is 450 g/mol. The molecule has 2 unspecified atom stereocenters. The number of guanidine groups is 1. The Bertz CT molecular complexity index is 439. The van der Waals surface area contributed by atoms with Gasteiger partial charge in [0.2, 0.25) is 0 Å². The number of thiophene rings is 1. The Kier molecular flexibility index (Phi) is 10.1. The van der Waals surface area contributed by atoms with Gasteiger partial charge in [0.15, 0.2) is 5.96 Å². The van der Waals surface area contributed by atoms with Gasteiger partial charge in [0.1, 0.15) is 0 Å². The standard InChI is InChI=1S/C17H30N4S.HI/c1-14-10-15(2)13-21(12-14)8-5-7-19-17(18-3)20-11-16-6-4-9-22-16;/h4,6,9,14-15H,5,7-8,10-13H2,1-3H3,(H2,18,19,20);1H. The zero-order valence-electron chi connectivity index (χ0n) is 14.5. The van der Waals surface area contributed by atoms with E-state index in [0.29, 0.717) is 0 Å². The van der Waals surface area contributed by atoms with E-state index >= 15 is 0 Å². The number of hydrogen-bond acceptors (Lipinski definition) is 3. The summed E-state index contributed by atoms with van der Waals surface area (Å²) >= 11 is 1.77. The van der Waals surface area contributed by atoms with Crippen molar-refractivity contribution in [2.75, 3.05) is 33.2 Å². The van der Waals surface area contributed by atoms with Gasteiger partial charge in [-0.15, -0.1) is 35.3 Å². The highest BCUT2D eigenvalue weighted by Gasteiger charge is 2.20. The highest BCUT2D eigenvalue weighted by molar-refractivity contribution is 14.0. The lowest BCUT2D eigenvalue weighted by atomic mass is 9.92. The fourth-order valence-corrected chi connectivity index (χ4v) is 3.93. The average molecular weight is 450 g/mol. The van der Waals surface area contributed by atoms with Crippen LogP contribution < -0.4 is 10.6 Å². The predicted molar refractivity (Wildman–Crippen MR) is 112 cm³/mol. The second kappa shape index (κ2) is 11.3. The van der Waals surface area contributed by atoms with Crippen LogP contribution >= 0.6 is 35.3 Å². The molecule has 1 aliphatic heterocycles. The fourth-order valence-electron chi connectivity index (χ4n) is 3.29. The third-order valence-corrected chi connectivity index (χ3v) is 5.00. The normalized spacial score (nSPS) is 22.5. The number of nitrogens with zero attached hydrogens (tertiary/aromatic N) is 2. The van der Waals surface area contributed by atoms with E-state index in [1.54, 1.807) is 11.3 Å². The molecule has 2 heterocycles. The SMILES string of the molecule is CN=C(NCCCN1CC(C)CC(C)C1)NCc1cccs1.I. The summed E-state index contributed by atoms with van der Waals surface area (Å²) < 4.78 is 0. The van der Waals surface area contributed by atoms with Crippen LogP contribution in [0.15, 0.2) is 22.5 Å². The van der Waals surface area contributed by atoms with E-state index in [1.165, 1.54) is 37.4 Å². The van der Waals surface area contributed by atoms with Crippen molar-refractivity contribution in [3.05, 3.63) is 22.4 Å². The van der Waals surface area contributed by atoms with Crippen LogP contribution in [0.5, 0.6) is 0 Å². The summed E-state index contributed by atoms with van der Waals surface area (Å²) in [5, 5.41) is 8.88. The van der Waals surface area contributed by atoms with Gasteiger partial charge in [0.05, 0.1) is 6.54 Å². The van der Waals surface area contributed by atoms with Gasteiger partial charge in [-0.3, -0.25) is 4.99 Å². The lowest BCUT2D eigenvalue weighted by Crippen LogP contribution is -2.41. The molecule has 1 aliphatic rings. The van der Waals surface area contributed by atoms with Crippen LogP contribution in [0.25, 0.3) is 0 Å². The minimum absolute atomic E-state index is 0. The summed E-state index contributed by atoms with van der Waals surface area (Å²) in [6.45, 7) is 10.3. The van der Waals surface area contributed by atoms with Crippen molar-refractivity contribution >= 4 is 41.3 Å².